The van der Waals surface area contributed by atoms with E-state index >= 15 is 0 Å². The summed E-state index contributed by atoms with van der Waals surface area (Å²) in [5, 5.41) is 3.37. The lowest BCUT2D eigenvalue weighted by Crippen LogP contribution is -2.15. The van der Waals surface area contributed by atoms with Crippen molar-refractivity contribution in [3.63, 3.8) is 0 Å². The number of nitrogens with one attached hydrogen (secondary N) is 1. The van der Waals surface area contributed by atoms with Crippen molar-refractivity contribution in [2.45, 2.75) is 6.42 Å². The fourth-order valence-corrected chi connectivity index (χ4v) is 1.78. The smallest absolute Gasteiger partial charge is 0.325 e. The monoisotopic (exact) mass is 271 g/mol. The van der Waals surface area contributed by atoms with Gasteiger partial charge in [-0.3, -0.25) is 4.79 Å². The summed E-state index contributed by atoms with van der Waals surface area (Å²) in [5.74, 6) is 0.892. The van der Waals surface area contributed by atoms with Crippen molar-refractivity contribution in [3.05, 3.63) is 17.2 Å². The van der Waals surface area contributed by atoms with Crippen LogP contribution in [-0.4, -0.2) is 32.8 Å². The van der Waals surface area contributed by atoms with Crippen molar-refractivity contribution in [1.29, 1.82) is 0 Å². The SMILES string of the molecule is COC(=O)CNc1cc2c(cc1Cl)OCCCO2. The fraction of sp³-hybridized carbons (Fsp3) is 0.417. The molecule has 1 aromatic carbocycles. The van der Waals surface area contributed by atoms with Crippen LogP contribution < -0.4 is 14.8 Å². The first-order valence-electron chi connectivity index (χ1n) is 5.60. The lowest BCUT2D eigenvalue weighted by Gasteiger charge is -2.12. The Labute approximate surface area is 110 Å². The first kappa shape index (κ1) is 12.8. The third-order valence-electron chi connectivity index (χ3n) is 2.49. The molecule has 0 amide bonds. The highest BCUT2D eigenvalue weighted by Crippen LogP contribution is 2.37. The van der Waals surface area contributed by atoms with E-state index in [1.54, 1.807) is 12.1 Å². The molecule has 5 nitrogen and oxygen atoms in total. The second-order valence-corrected chi connectivity index (χ2v) is 4.17. The van der Waals surface area contributed by atoms with Gasteiger partial charge in [-0.2, -0.15) is 0 Å². The summed E-state index contributed by atoms with van der Waals surface area (Å²) in [6.07, 6.45) is 0.831. The van der Waals surface area contributed by atoms with Crippen molar-refractivity contribution in [2.24, 2.45) is 0 Å². The zero-order chi connectivity index (χ0) is 13.0. The van der Waals surface area contributed by atoms with Crippen LogP contribution in [-0.2, 0) is 9.53 Å². The van der Waals surface area contributed by atoms with E-state index in [0.717, 1.165) is 6.42 Å². The van der Waals surface area contributed by atoms with Crippen LogP contribution in [0.2, 0.25) is 5.02 Å². The van der Waals surface area contributed by atoms with Crippen molar-refractivity contribution in [2.75, 3.05) is 32.2 Å². The van der Waals surface area contributed by atoms with Gasteiger partial charge in [0.25, 0.3) is 0 Å². The van der Waals surface area contributed by atoms with Crippen LogP contribution in [0.25, 0.3) is 0 Å². The number of carbonyl (C=O) groups is 1. The summed E-state index contributed by atoms with van der Waals surface area (Å²) in [4.78, 5) is 11.1. The molecule has 0 atom stereocenters. The Kier molecular flexibility index (Phi) is 4.15. The number of carbonyl (C=O) groups excluding carboxylic acids is 1. The molecule has 1 N–H and O–H groups in total. The molecule has 18 heavy (non-hydrogen) atoms. The molecule has 1 heterocycles. The van der Waals surface area contributed by atoms with Gasteiger partial charge in [0.1, 0.15) is 6.54 Å². The normalized spacial score (nSPS) is 13.7. The molecule has 0 fully saturated rings. The molecule has 0 saturated heterocycles. The van der Waals surface area contributed by atoms with Crippen LogP contribution in [0.5, 0.6) is 11.5 Å². The van der Waals surface area contributed by atoms with Crippen molar-refractivity contribution < 1.29 is 19.0 Å². The van der Waals surface area contributed by atoms with Gasteiger partial charge in [-0.1, -0.05) is 11.6 Å². The number of ether oxygens (including phenoxy) is 3. The number of hydrogen-bond donors (Lipinski definition) is 1. The highest BCUT2D eigenvalue weighted by atomic mass is 35.5. The molecule has 0 unspecified atom stereocenters. The molecule has 1 aromatic rings. The number of rotatable bonds is 3. The third-order valence-corrected chi connectivity index (χ3v) is 2.80. The van der Waals surface area contributed by atoms with Gasteiger partial charge < -0.3 is 19.5 Å². The summed E-state index contributed by atoms with van der Waals surface area (Å²) in [6, 6.07) is 3.41. The Morgan fingerprint density at radius 1 is 1.39 bits per heavy atom. The van der Waals surface area contributed by atoms with E-state index in [-0.39, 0.29) is 12.5 Å². The molecule has 6 heteroatoms. The number of esters is 1. The van der Waals surface area contributed by atoms with E-state index in [2.05, 4.69) is 10.1 Å². The number of fused-ring (bicyclic) bond motifs is 1. The van der Waals surface area contributed by atoms with E-state index in [1.807, 2.05) is 0 Å². The minimum atomic E-state index is -0.363. The summed E-state index contributed by atoms with van der Waals surface area (Å²) in [7, 11) is 1.33. The van der Waals surface area contributed by atoms with E-state index in [1.165, 1.54) is 7.11 Å². The van der Waals surface area contributed by atoms with Crippen LogP contribution in [0.15, 0.2) is 12.1 Å². The standard InChI is InChI=1S/C12H14ClNO4/c1-16-12(15)7-14-9-6-11-10(5-8(9)13)17-3-2-4-18-11/h5-6,14H,2-4,7H2,1H3. The molecule has 1 aliphatic heterocycles. The Balaban J connectivity index is 2.16. The third kappa shape index (κ3) is 2.98. The maximum absolute atomic E-state index is 11.1. The van der Waals surface area contributed by atoms with E-state index < -0.39 is 0 Å². The summed E-state index contributed by atoms with van der Waals surface area (Å²) >= 11 is 6.09. The van der Waals surface area contributed by atoms with Crippen molar-refractivity contribution in [1.82, 2.24) is 0 Å². The Morgan fingerprint density at radius 3 is 2.72 bits per heavy atom. The molecule has 98 valence electrons. The Bertz CT molecular complexity index is 450. The van der Waals surface area contributed by atoms with Crippen LogP contribution in [0.4, 0.5) is 5.69 Å². The minimum absolute atomic E-state index is 0.0515. The van der Waals surface area contributed by atoms with Crippen molar-refractivity contribution >= 4 is 23.3 Å². The molecule has 1 aliphatic rings. The lowest BCUT2D eigenvalue weighted by atomic mass is 10.2. The van der Waals surface area contributed by atoms with Gasteiger partial charge in [-0.25, -0.2) is 0 Å². The zero-order valence-electron chi connectivity index (χ0n) is 9.99. The lowest BCUT2D eigenvalue weighted by molar-refractivity contribution is -0.138. The number of halogens is 1. The quantitative estimate of drug-likeness (QED) is 0.853. The molecule has 0 radical (unpaired) electrons. The number of methoxy groups -OCH3 is 1. The molecule has 0 spiro atoms. The number of benzene rings is 1. The van der Waals surface area contributed by atoms with Crippen LogP contribution in [0.3, 0.4) is 0 Å². The first-order valence-corrected chi connectivity index (χ1v) is 5.98. The summed E-state index contributed by atoms with van der Waals surface area (Å²) in [6.45, 7) is 1.26. The largest absolute Gasteiger partial charge is 0.490 e. The first-order chi connectivity index (χ1) is 8.70. The molecule has 0 bridgehead atoms. The molecule has 0 saturated carbocycles. The minimum Gasteiger partial charge on any atom is -0.490 e. The van der Waals surface area contributed by atoms with Crippen molar-refractivity contribution in [3.8, 4) is 11.5 Å². The van der Waals surface area contributed by atoms with Gasteiger partial charge in [0.15, 0.2) is 11.5 Å². The van der Waals surface area contributed by atoms with E-state index in [0.29, 0.717) is 35.4 Å². The van der Waals surface area contributed by atoms with E-state index in [9.17, 15) is 4.79 Å². The van der Waals surface area contributed by atoms with Gasteiger partial charge in [-0.15, -0.1) is 0 Å². The van der Waals surface area contributed by atoms with Gasteiger partial charge >= 0.3 is 5.97 Å². The van der Waals surface area contributed by atoms with Crippen LogP contribution in [0, 0.1) is 0 Å². The molecule has 0 aromatic heterocycles. The molecular weight excluding hydrogens is 258 g/mol. The highest BCUT2D eigenvalue weighted by molar-refractivity contribution is 6.33. The topological polar surface area (TPSA) is 56.8 Å². The average Bonchev–Trinajstić information content (AvgIpc) is 2.60. The van der Waals surface area contributed by atoms with E-state index in [4.69, 9.17) is 21.1 Å². The highest BCUT2D eigenvalue weighted by Gasteiger charge is 2.14. The molecule has 0 aliphatic carbocycles. The van der Waals surface area contributed by atoms with Gasteiger partial charge in [0.05, 0.1) is 31.0 Å². The predicted molar refractivity (Wildman–Crippen MR) is 67.6 cm³/mol. The summed E-state index contributed by atoms with van der Waals surface area (Å²) in [5.41, 5.74) is 0.617. The second-order valence-electron chi connectivity index (χ2n) is 3.76. The maximum Gasteiger partial charge on any atom is 0.325 e. The zero-order valence-corrected chi connectivity index (χ0v) is 10.8. The Hall–Kier alpha value is -1.62. The average molecular weight is 272 g/mol. The Morgan fingerprint density at radius 2 is 2.06 bits per heavy atom. The van der Waals surface area contributed by atoms with Gasteiger partial charge in [-0.05, 0) is 0 Å². The second kappa shape index (κ2) is 5.82. The van der Waals surface area contributed by atoms with Crippen LogP contribution >= 0.6 is 11.6 Å². The van der Waals surface area contributed by atoms with Gasteiger partial charge in [0, 0.05) is 18.6 Å². The predicted octanol–water partition coefficient (Wildman–Crippen LogP) is 2.09. The summed E-state index contributed by atoms with van der Waals surface area (Å²) < 4.78 is 15.6. The molecular formula is C12H14ClNO4. The van der Waals surface area contributed by atoms with Crippen LogP contribution in [0.1, 0.15) is 6.42 Å². The maximum atomic E-state index is 11.1. The molecule has 2 rings (SSSR count). The fourth-order valence-electron chi connectivity index (χ4n) is 1.56. The number of anilines is 1. The van der Waals surface area contributed by atoms with Gasteiger partial charge in [0.2, 0.25) is 0 Å². The number of hydrogen-bond acceptors (Lipinski definition) is 5.